The summed E-state index contributed by atoms with van der Waals surface area (Å²) in [5.41, 5.74) is 1.01. The molecule has 1 unspecified atom stereocenters. The van der Waals surface area contributed by atoms with Crippen molar-refractivity contribution in [1.29, 1.82) is 0 Å². The van der Waals surface area contributed by atoms with Crippen LogP contribution in [-0.2, 0) is 4.79 Å². The molecule has 0 radical (unpaired) electrons. The van der Waals surface area contributed by atoms with Crippen LogP contribution in [0.15, 0.2) is 18.2 Å². The third-order valence-corrected chi connectivity index (χ3v) is 4.56. The van der Waals surface area contributed by atoms with E-state index in [1.165, 1.54) is 18.2 Å². The van der Waals surface area contributed by atoms with Crippen LogP contribution >= 0.6 is 0 Å². The molecule has 7 heteroatoms. The van der Waals surface area contributed by atoms with E-state index in [0.717, 1.165) is 25.7 Å². The molecule has 7 nitrogen and oxygen atoms in total. The van der Waals surface area contributed by atoms with Crippen molar-refractivity contribution < 1.29 is 14.5 Å². The monoisotopic (exact) mass is 347 g/mol. The third-order valence-electron chi connectivity index (χ3n) is 4.56. The Hall–Kier alpha value is -2.44. The normalized spacial score (nSPS) is 17.2. The predicted octanol–water partition coefficient (Wildman–Crippen LogP) is 2.67. The topological polar surface area (TPSA) is 92.6 Å². The van der Waals surface area contributed by atoms with Gasteiger partial charge in [0, 0.05) is 37.3 Å². The summed E-state index contributed by atoms with van der Waals surface area (Å²) >= 11 is 0. The van der Waals surface area contributed by atoms with Crippen LogP contribution in [0.1, 0.15) is 48.5 Å². The Labute approximate surface area is 147 Å². The first-order chi connectivity index (χ1) is 11.9. The lowest BCUT2D eigenvalue weighted by atomic mass is 9.96. The highest BCUT2D eigenvalue weighted by Gasteiger charge is 2.29. The zero-order chi connectivity index (χ0) is 18.4. The van der Waals surface area contributed by atoms with Gasteiger partial charge in [-0.3, -0.25) is 19.7 Å². The first kappa shape index (κ1) is 18.9. The number of nitrogens with one attached hydrogen (secondary N) is 1. The van der Waals surface area contributed by atoms with Crippen molar-refractivity contribution in [1.82, 2.24) is 10.2 Å². The van der Waals surface area contributed by atoms with Gasteiger partial charge in [0.2, 0.25) is 5.91 Å². The minimum atomic E-state index is -0.473. The molecule has 1 aromatic rings. The van der Waals surface area contributed by atoms with Crippen molar-refractivity contribution in [2.45, 2.75) is 39.5 Å². The number of carbonyl (C=O) groups is 2. The lowest BCUT2D eigenvalue weighted by Crippen LogP contribution is -2.45. The van der Waals surface area contributed by atoms with Crippen LogP contribution in [0.5, 0.6) is 0 Å². The molecule has 0 aliphatic carbocycles. The smallest absolute Gasteiger partial charge is 0.269 e. The van der Waals surface area contributed by atoms with Gasteiger partial charge in [0.25, 0.3) is 11.6 Å². The van der Waals surface area contributed by atoms with Gasteiger partial charge < -0.3 is 10.2 Å². The van der Waals surface area contributed by atoms with Gasteiger partial charge in [-0.15, -0.1) is 0 Å². The molecule has 0 spiro atoms. The van der Waals surface area contributed by atoms with Crippen LogP contribution in [0.3, 0.4) is 0 Å². The standard InChI is InChI=1S/C18H25N3O4/c1-3-4-9-19-17(22)14-6-5-10-20(12-14)18(23)16-8-7-15(21(24)25)11-13(16)2/h7-8,11,14H,3-6,9-10,12H2,1-2H3,(H,19,22). The Morgan fingerprint density at radius 3 is 2.80 bits per heavy atom. The number of nitro benzene ring substituents is 1. The summed E-state index contributed by atoms with van der Waals surface area (Å²) in [6.07, 6.45) is 3.53. The number of aryl methyl sites for hydroxylation is 1. The average molecular weight is 347 g/mol. The highest BCUT2D eigenvalue weighted by molar-refractivity contribution is 5.96. The van der Waals surface area contributed by atoms with Crippen LogP contribution in [0, 0.1) is 23.0 Å². The SMILES string of the molecule is CCCCNC(=O)C1CCCN(C(=O)c2ccc([N+](=O)[O-])cc2C)C1. The Morgan fingerprint density at radius 2 is 2.16 bits per heavy atom. The minimum Gasteiger partial charge on any atom is -0.356 e. The first-order valence-corrected chi connectivity index (χ1v) is 8.76. The molecule has 1 heterocycles. The van der Waals surface area contributed by atoms with E-state index in [-0.39, 0.29) is 23.4 Å². The fourth-order valence-corrected chi connectivity index (χ4v) is 3.08. The second-order valence-electron chi connectivity index (χ2n) is 6.49. The number of piperidine rings is 1. The zero-order valence-corrected chi connectivity index (χ0v) is 14.8. The van der Waals surface area contributed by atoms with Gasteiger partial charge in [0.15, 0.2) is 0 Å². The molecule has 1 saturated heterocycles. The van der Waals surface area contributed by atoms with Crippen LogP contribution in [0.4, 0.5) is 5.69 Å². The minimum absolute atomic E-state index is 0.00590. The van der Waals surface area contributed by atoms with Crippen LogP contribution in [0.2, 0.25) is 0 Å². The van der Waals surface area contributed by atoms with Gasteiger partial charge in [-0.05, 0) is 37.8 Å². The lowest BCUT2D eigenvalue weighted by molar-refractivity contribution is -0.384. The van der Waals surface area contributed by atoms with Crippen molar-refractivity contribution in [3.63, 3.8) is 0 Å². The summed E-state index contributed by atoms with van der Waals surface area (Å²) in [4.78, 5) is 37.0. The maximum absolute atomic E-state index is 12.8. The summed E-state index contributed by atoms with van der Waals surface area (Å²) in [6, 6.07) is 4.26. The molecule has 2 rings (SSSR count). The first-order valence-electron chi connectivity index (χ1n) is 8.76. The fourth-order valence-electron chi connectivity index (χ4n) is 3.08. The number of hydrogen-bond donors (Lipinski definition) is 1. The van der Waals surface area contributed by atoms with Gasteiger partial charge >= 0.3 is 0 Å². The fraction of sp³-hybridized carbons (Fsp3) is 0.556. The number of hydrogen-bond acceptors (Lipinski definition) is 4. The highest BCUT2D eigenvalue weighted by Crippen LogP contribution is 2.22. The quantitative estimate of drug-likeness (QED) is 0.486. The highest BCUT2D eigenvalue weighted by atomic mass is 16.6. The lowest BCUT2D eigenvalue weighted by Gasteiger charge is -2.32. The summed E-state index contributed by atoms with van der Waals surface area (Å²) in [7, 11) is 0. The summed E-state index contributed by atoms with van der Waals surface area (Å²) < 4.78 is 0. The molecular weight excluding hydrogens is 322 g/mol. The van der Waals surface area contributed by atoms with Gasteiger partial charge in [-0.25, -0.2) is 0 Å². The van der Waals surface area contributed by atoms with Crippen LogP contribution in [-0.4, -0.2) is 41.3 Å². The van der Waals surface area contributed by atoms with Crippen molar-refractivity contribution in [2.24, 2.45) is 5.92 Å². The molecule has 136 valence electrons. The van der Waals surface area contributed by atoms with E-state index in [1.54, 1.807) is 11.8 Å². The number of nitro groups is 1. The van der Waals surface area contributed by atoms with E-state index in [2.05, 4.69) is 12.2 Å². The van der Waals surface area contributed by atoms with Crippen LogP contribution in [0.25, 0.3) is 0 Å². The van der Waals surface area contributed by atoms with Crippen molar-refractivity contribution in [2.75, 3.05) is 19.6 Å². The van der Waals surface area contributed by atoms with Crippen LogP contribution < -0.4 is 5.32 Å². The maximum atomic E-state index is 12.8. The summed E-state index contributed by atoms with van der Waals surface area (Å²) in [5.74, 6) is -0.349. The summed E-state index contributed by atoms with van der Waals surface area (Å²) in [5, 5.41) is 13.8. The van der Waals surface area contributed by atoms with E-state index in [4.69, 9.17) is 0 Å². The van der Waals surface area contributed by atoms with E-state index < -0.39 is 4.92 Å². The van der Waals surface area contributed by atoms with Gasteiger partial charge in [0.05, 0.1) is 10.8 Å². The molecular formula is C18H25N3O4. The number of unbranched alkanes of at least 4 members (excludes halogenated alkanes) is 1. The van der Waals surface area contributed by atoms with Gasteiger partial charge in [-0.1, -0.05) is 13.3 Å². The van der Waals surface area contributed by atoms with Gasteiger partial charge in [-0.2, -0.15) is 0 Å². The van der Waals surface area contributed by atoms with E-state index >= 15 is 0 Å². The molecule has 2 amide bonds. The van der Waals surface area contributed by atoms with Crippen molar-refractivity contribution in [3.8, 4) is 0 Å². The molecule has 0 bridgehead atoms. The molecule has 0 aromatic heterocycles. The third kappa shape index (κ3) is 4.78. The number of benzene rings is 1. The predicted molar refractivity (Wildman–Crippen MR) is 94.4 cm³/mol. The zero-order valence-electron chi connectivity index (χ0n) is 14.8. The maximum Gasteiger partial charge on any atom is 0.269 e. The second-order valence-corrected chi connectivity index (χ2v) is 6.49. The molecule has 0 saturated carbocycles. The number of rotatable bonds is 6. The Bertz CT molecular complexity index is 660. The number of nitrogens with zero attached hydrogens (tertiary/aromatic N) is 2. The largest absolute Gasteiger partial charge is 0.356 e. The van der Waals surface area contributed by atoms with Crippen molar-refractivity contribution in [3.05, 3.63) is 39.4 Å². The number of carbonyl (C=O) groups excluding carboxylic acids is 2. The molecule has 1 aliphatic rings. The molecule has 1 N–H and O–H groups in total. The summed E-state index contributed by atoms with van der Waals surface area (Å²) in [6.45, 7) is 5.43. The number of likely N-dealkylation sites (tertiary alicyclic amines) is 1. The van der Waals surface area contributed by atoms with E-state index in [0.29, 0.717) is 30.8 Å². The van der Waals surface area contributed by atoms with Crippen molar-refractivity contribution >= 4 is 17.5 Å². The number of non-ortho nitro benzene ring substituents is 1. The van der Waals surface area contributed by atoms with E-state index in [9.17, 15) is 19.7 Å². The van der Waals surface area contributed by atoms with Gasteiger partial charge in [0.1, 0.15) is 0 Å². The Balaban J connectivity index is 2.04. The second kappa shape index (κ2) is 8.60. The Kier molecular flexibility index (Phi) is 6.50. The Morgan fingerprint density at radius 1 is 1.40 bits per heavy atom. The molecule has 1 fully saturated rings. The van der Waals surface area contributed by atoms with E-state index in [1.807, 2.05) is 0 Å². The molecule has 25 heavy (non-hydrogen) atoms. The molecule has 1 aromatic carbocycles. The molecule has 1 aliphatic heterocycles. The number of amides is 2. The molecule has 1 atom stereocenters. The average Bonchev–Trinajstić information content (AvgIpc) is 2.61.